The number of aryl methyl sites for hydroxylation is 2. The van der Waals surface area contributed by atoms with Crippen molar-refractivity contribution in [3.8, 4) is 11.5 Å². The van der Waals surface area contributed by atoms with E-state index in [0.717, 1.165) is 0 Å². The first-order valence-corrected chi connectivity index (χ1v) is 13.7. The van der Waals surface area contributed by atoms with Crippen LogP contribution in [0.4, 0.5) is 32.3 Å². The molecule has 0 atom stereocenters. The molecule has 15 heteroatoms. The van der Waals surface area contributed by atoms with E-state index in [0.29, 0.717) is 11.1 Å². The van der Waals surface area contributed by atoms with Gasteiger partial charge in [-0.05, 0) is 85.6 Å². The van der Waals surface area contributed by atoms with Gasteiger partial charge >= 0.3 is 12.2 Å². The molecule has 4 aromatic carbocycles. The number of carbonyl (C=O) groups is 2. The SMILES string of the molecule is Cc1ccc(NC(=O)Oc2ccc(S(=O)(=O)c3ccc(OC(=O)Nc4ccc(C)cc4[N+](=O)[O-])cc3)cc2)c([N+](=O)[O-])c1. The van der Waals surface area contributed by atoms with Gasteiger partial charge in [-0.15, -0.1) is 0 Å². The van der Waals surface area contributed by atoms with Gasteiger partial charge in [-0.2, -0.15) is 0 Å². The molecule has 0 saturated heterocycles. The predicted molar refractivity (Wildman–Crippen MR) is 153 cm³/mol. The van der Waals surface area contributed by atoms with E-state index in [1.54, 1.807) is 26.0 Å². The van der Waals surface area contributed by atoms with Crippen molar-refractivity contribution in [1.82, 2.24) is 0 Å². The number of sulfone groups is 1. The summed E-state index contributed by atoms with van der Waals surface area (Å²) >= 11 is 0. The molecule has 2 amide bonds. The minimum absolute atomic E-state index is 0.0187. The van der Waals surface area contributed by atoms with Crippen molar-refractivity contribution in [3.63, 3.8) is 0 Å². The zero-order valence-electron chi connectivity index (χ0n) is 22.5. The Morgan fingerprint density at radius 3 is 1.30 bits per heavy atom. The van der Waals surface area contributed by atoms with Crippen LogP contribution in [0.2, 0.25) is 0 Å². The Morgan fingerprint density at radius 2 is 0.977 bits per heavy atom. The van der Waals surface area contributed by atoms with Gasteiger partial charge in [0.15, 0.2) is 0 Å². The van der Waals surface area contributed by atoms with Crippen molar-refractivity contribution in [3.05, 3.63) is 116 Å². The highest BCUT2D eigenvalue weighted by molar-refractivity contribution is 7.91. The average molecular weight is 607 g/mol. The lowest BCUT2D eigenvalue weighted by atomic mass is 10.2. The fourth-order valence-electron chi connectivity index (χ4n) is 3.79. The normalized spacial score (nSPS) is 10.8. The molecule has 0 aromatic heterocycles. The highest BCUT2D eigenvalue weighted by Crippen LogP contribution is 2.28. The van der Waals surface area contributed by atoms with Crippen LogP contribution in [0.5, 0.6) is 11.5 Å². The van der Waals surface area contributed by atoms with E-state index in [-0.39, 0.29) is 44.0 Å². The lowest BCUT2D eigenvalue weighted by Gasteiger charge is -2.10. The van der Waals surface area contributed by atoms with E-state index in [1.165, 1.54) is 72.8 Å². The first kappa shape index (κ1) is 30.1. The molecule has 220 valence electrons. The van der Waals surface area contributed by atoms with E-state index in [1.807, 2.05) is 0 Å². The van der Waals surface area contributed by atoms with Gasteiger partial charge < -0.3 is 9.47 Å². The molecule has 0 heterocycles. The van der Waals surface area contributed by atoms with Crippen LogP contribution in [-0.4, -0.2) is 30.5 Å². The van der Waals surface area contributed by atoms with Crippen molar-refractivity contribution in [1.29, 1.82) is 0 Å². The molecule has 0 aliphatic carbocycles. The summed E-state index contributed by atoms with van der Waals surface area (Å²) < 4.78 is 36.4. The number of hydrogen-bond donors (Lipinski definition) is 2. The molecule has 0 radical (unpaired) electrons. The Kier molecular flexibility index (Phi) is 8.66. The minimum Gasteiger partial charge on any atom is -0.410 e. The van der Waals surface area contributed by atoms with Gasteiger partial charge in [-0.3, -0.25) is 30.9 Å². The third-order valence-corrected chi connectivity index (χ3v) is 7.65. The molecule has 4 aromatic rings. The second kappa shape index (κ2) is 12.4. The highest BCUT2D eigenvalue weighted by Gasteiger charge is 2.21. The van der Waals surface area contributed by atoms with Crippen molar-refractivity contribution >= 4 is 44.8 Å². The zero-order valence-corrected chi connectivity index (χ0v) is 23.3. The van der Waals surface area contributed by atoms with Crippen LogP contribution in [0.15, 0.2) is 94.7 Å². The molecule has 0 bridgehead atoms. The van der Waals surface area contributed by atoms with E-state index < -0.39 is 31.9 Å². The number of ether oxygens (including phenoxy) is 2. The standard InChI is InChI=1S/C28H22N4O10S/c1-17-3-13-23(25(15-17)31(35)36)29-27(33)41-19-5-9-21(10-6-19)43(39,40)22-11-7-20(8-12-22)42-28(34)30-24-14-4-18(2)16-26(24)32(37)38/h3-16H,1-2H3,(H,29,33)(H,30,34). The number of carbonyl (C=O) groups excluding carboxylic acids is 2. The molecule has 4 rings (SSSR count). The lowest BCUT2D eigenvalue weighted by Crippen LogP contribution is -2.17. The molecule has 0 aliphatic rings. The summed E-state index contributed by atoms with van der Waals surface area (Å²) in [5.41, 5.74) is 0.488. The molecule has 0 saturated carbocycles. The van der Waals surface area contributed by atoms with E-state index in [9.17, 15) is 38.2 Å². The first-order valence-electron chi connectivity index (χ1n) is 12.3. The van der Waals surface area contributed by atoms with Crippen LogP contribution in [-0.2, 0) is 9.84 Å². The smallest absolute Gasteiger partial charge is 0.410 e. The summed E-state index contributed by atoms with van der Waals surface area (Å²) in [7, 11) is -4.03. The summed E-state index contributed by atoms with van der Waals surface area (Å²) in [6.07, 6.45) is -2.03. The van der Waals surface area contributed by atoms with Crippen LogP contribution < -0.4 is 20.1 Å². The Labute approximate surface area is 244 Å². The third-order valence-electron chi connectivity index (χ3n) is 5.86. The summed E-state index contributed by atoms with van der Waals surface area (Å²) in [5, 5.41) is 27.1. The Hall–Kier alpha value is -5.83. The van der Waals surface area contributed by atoms with Gasteiger partial charge in [0.25, 0.3) is 11.4 Å². The minimum atomic E-state index is -4.03. The maximum atomic E-state index is 13.1. The first-order chi connectivity index (χ1) is 20.3. The summed E-state index contributed by atoms with van der Waals surface area (Å²) in [4.78, 5) is 45.5. The fourth-order valence-corrected chi connectivity index (χ4v) is 5.05. The van der Waals surface area contributed by atoms with Crippen molar-refractivity contribution in [2.75, 3.05) is 10.6 Å². The number of amides is 2. The molecule has 2 N–H and O–H groups in total. The van der Waals surface area contributed by atoms with Crippen molar-refractivity contribution < 1.29 is 37.3 Å². The molecule has 14 nitrogen and oxygen atoms in total. The molecule has 0 aliphatic heterocycles. The molecule has 0 fully saturated rings. The Morgan fingerprint density at radius 1 is 0.628 bits per heavy atom. The summed E-state index contributed by atoms with van der Waals surface area (Å²) in [5.74, 6) is -0.0374. The largest absolute Gasteiger partial charge is 0.417 e. The Bertz CT molecular complexity index is 1710. The maximum absolute atomic E-state index is 13.1. The number of nitrogens with zero attached hydrogens (tertiary/aromatic N) is 2. The topological polar surface area (TPSA) is 197 Å². The zero-order chi connectivity index (χ0) is 31.3. The van der Waals surface area contributed by atoms with Crippen LogP contribution in [0, 0.1) is 34.1 Å². The van der Waals surface area contributed by atoms with Gasteiger partial charge in [-0.1, -0.05) is 12.1 Å². The number of nitro groups is 2. The van der Waals surface area contributed by atoms with E-state index in [2.05, 4.69) is 10.6 Å². The number of nitro benzene ring substituents is 2. The summed E-state index contributed by atoms with van der Waals surface area (Å²) in [6, 6.07) is 18.3. The van der Waals surface area contributed by atoms with Crippen LogP contribution in [0.25, 0.3) is 0 Å². The Balaban J connectivity index is 1.40. The average Bonchev–Trinajstić information content (AvgIpc) is 2.95. The lowest BCUT2D eigenvalue weighted by molar-refractivity contribution is -0.384. The summed E-state index contributed by atoms with van der Waals surface area (Å²) in [6.45, 7) is 3.33. The van der Waals surface area contributed by atoms with Gasteiger partial charge in [0, 0.05) is 12.1 Å². The number of benzene rings is 4. The van der Waals surface area contributed by atoms with Crippen molar-refractivity contribution in [2.45, 2.75) is 23.6 Å². The van der Waals surface area contributed by atoms with Crippen LogP contribution in [0.1, 0.15) is 11.1 Å². The fraction of sp³-hybridized carbons (Fsp3) is 0.0714. The highest BCUT2D eigenvalue weighted by atomic mass is 32.2. The van der Waals surface area contributed by atoms with E-state index in [4.69, 9.17) is 9.47 Å². The molecular formula is C28H22N4O10S. The third kappa shape index (κ3) is 7.28. The maximum Gasteiger partial charge on any atom is 0.417 e. The van der Waals surface area contributed by atoms with Crippen LogP contribution >= 0.6 is 0 Å². The second-order valence-electron chi connectivity index (χ2n) is 9.03. The van der Waals surface area contributed by atoms with Gasteiger partial charge in [0.1, 0.15) is 22.9 Å². The number of hydrogen-bond acceptors (Lipinski definition) is 10. The molecular weight excluding hydrogens is 584 g/mol. The number of rotatable bonds is 8. The molecule has 0 spiro atoms. The molecule has 43 heavy (non-hydrogen) atoms. The van der Waals surface area contributed by atoms with Gasteiger partial charge in [0.05, 0.1) is 19.6 Å². The quantitative estimate of drug-likeness (QED) is 0.173. The number of nitrogens with one attached hydrogen (secondary N) is 2. The molecule has 0 unspecified atom stereocenters. The van der Waals surface area contributed by atoms with E-state index >= 15 is 0 Å². The van der Waals surface area contributed by atoms with Gasteiger partial charge in [-0.25, -0.2) is 18.0 Å². The van der Waals surface area contributed by atoms with Gasteiger partial charge in [0.2, 0.25) is 9.84 Å². The number of anilines is 2. The second-order valence-corrected chi connectivity index (χ2v) is 11.0. The predicted octanol–water partition coefficient (Wildman–Crippen LogP) is 6.17. The van der Waals surface area contributed by atoms with Crippen LogP contribution in [0.3, 0.4) is 0 Å². The monoisotopic (exact) mass is 606 g/mol. The van der Waals surface area contributed by atoms with Crippen molar-refractivity contribution in [2.24, 2.45) is 0 Å².